The summed E-state index contributed by atoms with van der Waals surface area (Å²) < 4.78 is 10.3. The van der Waals surface area contributed by atoms with Crippen LogP contribution in [-0.2, 0) is 4.74 Å². The first kappa shape index (κ1) is 10.0. The Hall–Kier alpha value is -1.52. The fourth-order valence-corrected chi connectivity index (χ4v) is 1.41. The van der Waals surface area contributed by atoms with E-state index in [-0.39, 0.29) is 5.75 Å². The highest BCUT2D eigenvalue weighted by molar-refractivity contribution is 5.79. The maximum absolute atomic E-state index is 9.51. The van der Waals surface area contributed by atoms with Crippen molar-refractivity contribution in [2.75, 3.05) is 6.61 Å². The number of benzene rings is 1. The SMILES string of the molecule is CCO[C@H](O)c1cc2cc(O)ccc2o1. The van der Waals surface area contributed by atoms with Crippen molar-refractivity contribution >= 4 is 11.0 Å². The summed E-state index contributed by atoms with van der Waals surface area (Å²) in [4.78, 5) is 0. The molecule has 0 amide bonds. The fraction of sp³-hybridized carbons (Fsp3) is 0.273. The summed E-state index contributed by atoms with van der Waals surface area (Å²) in [7, 11) is 0. The van der Waals surface area contributed by atoms with Crippen LogP contribution in [0.5, 0.6) is 5.75 Å². The average molecular weight is 208 g/mol. The molecule has 0 aliphatic rings. The molecule has 15 heavy (non-hydrogen) atoms. The van der Waals surface area contributed by atoms with Gasteiger partial charge in [-0.25, -0.2) is 0 Å². The first-order chi connectivity index (χ1) is 7.20. The third kappa shape index (κ3) is 1.95. The lowest BCUT2D eigenvalue weighted by Crippen LogP contribution is -2.00. The average Bonchev–Trinajstić information content (AvgIpc) is 2.60. The summed E-state index contributed by atoms with van der Waals surface area (Å²) in [5.74, 6) is 0.512. The van der Waals surface area contributed by atoms with Crippen molar-refractivity contribution in [1.29, 1.82) is 0 Å². The monoisotopic (exact) mass is 208 g/mol. The predicted molar refractivity (Wildman–Crippen MR) is 54.5 cm³/mol. The number of aromatic hydroxyl groups is 1. The quantitative estimate of drug-likeness (QED) is 0.759. The number of aliphatic hydroxyl groups is 1. The second-order valence-electron chi connectivity index (χ2n) is 3.18. The summed E-state index contributed by atoms with van der Waals surface area (Å²) in [5.41, 5.74) is 0.613. The lowest BCUT2D eigenvalue weighted by atomic mass is 10.2. The normalized spacial score (nSPS) is 13.2. The maximum Gasteiger partial charge on any atom is 0.214 e. The van der Waals surface area contributed by atoms with Crippen LogP contribution in [0.25, 0.3) is 11.0 Å². The van der Waals surface area contributed by atoms with Gasteiger partial charge in [-0.2, -0.15) is 0 Å². The van der Waals surface area contributed by atoms with E-state index in [1.165, 1.54) is 6.07 Å². The molecule has 2 rings (SSSR count). The predicted octanol–water partition coefficient (Wildman–Crippen LogP) is 2.17. The van der Waals surface area contributed by atoms with Crippen LogP contribution in [-0.4, -0.2) is 16.8 Å². The van der Waals surface area contributed by atoms with E-state index in [4.69, 9.17) is 9.15 Å². The van der Waals surface area contributed by atoms with Gasteiger partial charge in [-0.05, 0) is 31.2 Å². The molecule has 1 heterocycles. The summed E-state index contributed by atoms with van der Waals surface area (Å²) in [6, 6.07) is 6.39. The topological polar surface area (TPSA) is 62.8 Å². The summed E-state index contributed by atoms with van der Waals surface area (Å²) in [6.45, 7) is 2.20. The first-order valence-electron chi connectivity index (χ1n) is 4.73. The zero-order valence-electron chi connectivity index (χ0n) is 8.30. The standard InChI is InChI=1S/C11H12O4/c1-2-14-11(13)10-6-7-5-8(12)3-4-9(7)15-10/h3-6,11-13H,2H2,1H3/t11-/m0/s1. The lowest BCUT2D eigenvalue weighted by Gasteiger charge is -2.05. The highest BCUT2D eigenvalue weighted by atomic mass is 16.6. The Morgan fingerprint density at radius 2 is 2.20 bits per heavy atom. The molecular weight excluding hydrogens is 196 g/mol. The molecule has 2 N–H and O–H groups in total. The van der Waals surface area contributed by atoms with Crippen molar-refractivity contribution < 1.29 is 19.4 Å². The van der Waals surface area contributed by atoms with Gasteiger partial charge in [0.1, 0.15) is 11.3 Å². The number of phenols is 1. The van der Waals surface area contributed by atoms with Crippen molar-refractivity contribution in [3.63, 3.8) is 0 Å². The van der Waals surface area contributed by atoms with E-state index in [1.807, 2.05) is 0 Å². The van der Waals surface area contributed by atoms with Crippen LogP contribution in [0.1, 0.15) is 19.0 Å². The zero-order chi connectivity index (χ0) is 10.8. The van der Waals surface area contributed by atoms with E-state index < -0.39 is 6.29 Å². The molecule has 4 heteroatoms. The molecule has 0 radical (unpaired) electrons. The number of ether oxygens (including phenoxy) is 1. The number of fused-ring (bicyclic) bond motifs is 1. The van der Waals surface area contributed by atoms with Crippen molar-refractivity contribution in [3.05, 3.63) is 30.0 Å². The van der Waals surface area contributed by atoms with Crippen LogP contribution in [0, 0.1) is 0 Å². The minimum Gasteiger partial charge on any atom is -0.508 e. The number of rotatable bonds is 3. The van der Waals surface area contributed by atoms with Crippen LogP contribution in [0.15, 0.2) is 28.7 Å². The van der Waals surface area contributed by atoms with E-state index in [2.05, 4.69) is 0 Å². The van der Waals surface area contributed by atoms with Gasteiger partial charge in [-0.3, -0.25) is 0 Å². The molecule has 0 saturated carbocycles. The van der Waals surface area contributed by atoms with Crippen molar-refractivity contribution in [1.82, 2.24) is 0 Å². The molecule has 4 nitrogen and oxygen atoms in total. The molecule has 0 spiro atoms. The molecule has 0 unspecified atom stereocenters. The third-order valence-electron chi connectivity index (χ3n) is 2.09. The van der Waals surface area contributed by atoms with Gasteiger partial charge in [0.25, 0.3) is 0 Å². The number of hydrogen-bond donors (Lipinski definition) is 2. The van der Waals surface area contributed by atoms with Gasteiger partial charge in [0, 0.05) is 12.0 Å². The van der Waals surface area contributed by atoms with E-state index >= 15 is 0 Å². The van der Waals surface area contributed by atoms with Crippen LogP contribution in [0.4, 0.5) is 0 Å². The van der Waals surface area contributed by atoms with Gasteiger partial charge in [-0.1, -0.05) is 0 Å². The Balaban J connectivity index is 2.38. The number of hydrogen-bond acceptors (Lipinski definition) is 4. The summed E-state index contributed by atoms with van der Waals surface area (Å²) >= 11 is 0. The van der Waals surface area contributed by atoms with Crippen LogP contribution >= 0.6 is 0 Å². The van der Waals surface area contributed by atoms with Crippen molar-refractivity contribution in [2.24, 2.45) is 0 Å². The van der Waals surface area contributed by atoms with E-state index in [0.717, 1.165) is 5.39 Å². The van der Waals surface area contributed by atoms with Crippen molar-refractivity contribution in [2.45, 2.75) is 13.2 Å². The Morgan fingerprint density at radius 1 is 1.40 bits per heavy atom. The zero-order valence-corrected chi connectivity index (χ0v) is 8.30. The van der Waals surface area contributed by atoms with Crippen LogP contribution in [0.2, 0.25) is 0 Å². The van der Waals surface area contributed by atoms with Gasteiger partial charge in [-0.15, -0.1) is 0 Å². The fourth-order valence-electron chi connectivity index (χ4n) is 1.41. The Labute approximate surface area is 86.7 Å². The first-order valence-corrected chi connectivity index (χ1v) is 4.73. The summed E-state index contributed by atoms with van der Waals surface area (Å²) in [6.07, 6.45) is -1.05. The smallest absolute Gasteiger partial charge is 0.214 e. The van der Waals surface area contributed by atoms with E-state index in [0.29, 0.717) is 18.0 Å². The highest BCUT2D eigenvalue weighted by Gasteiger charge is 2.13. The summed E-state index contributed by atoms with van der Waals surface area (Å²) in [5, 5.41) is 19.5. The molecule has 0 aliphatic carbocycles. The second kappa shape index (κ2) is 3.92. The molecule has 0 saturated heterocycles. The second-order valence-corrected chi connectivity index (χ2v) is 3.18. The molecule has 2 aromatic rings. The lowest BCUT2D eigenvalue weighted by molar-refractivity contribution is -0.109. The maximum atomic E-state index is 9.51. The van der Waals surface area contributed by atoms with Crippen molar-refractivity contribution in [3.8, 4) is 5.75 Å². The van der Waals surface area contributed by atoms with Crippen LogP contribution in [0.3, 0.4) is 0 Å². The molecule has 0 aliphatic heterocycles. The molecular formula is C11H12O4. The number of furan rings is 1. The third-order valence-corrected chi connectivity index (χ3v) is 2.09. The largest absolute Gasteiger partial charge is 0.508 e. The Bertz CT molecular complexity index is 461. The highest BCUT2D eigenvalue weighted by Crippen LogP contribution is 2.27. The molecule has 1 aromatic carbocycles. The van der Waals surface area contributed by atoms with E-state index in [9.17, 15) is 10.2 Å². The van der Waals surface area contributed by atoms with E-state index in [1.54, 1.807) is 25.1 Å². The molecule has 0 fully saturated rings. The van der Waals surface area contributed by atoms with Gasteiger partial charge in [0.05, 0.1) is 0 Å². The van der Waals surface area contributed by atoms with Gasteiger partial charge >= 0.3 is 0 Å². The number of aliphatic hydroxyl groups excluding tert-OH is 1. The molecule has 1 atom stereocenters. The molecule has 1 aromatic heterocycles. The van der Waals surface area contributed by atoms with Crippen LogP contribution < -0.4 is 0 Å². The Kier molecular flexibility index (Phi) is 2.62. The van der Waals surface area contributed by atoms with Gasteiger partial charge < -0.3 is 19.4 Å². The number of phenolic OH excluding ortho intramolecular Hbond substituents is 1. The molecule has 0 bridgehead atoms. The van der Waals surface area contributed by atoms with Gasteiger partial charge in [0.15, 0.2) is 5.76 Å². The Morgan fingerprint density at radius 3 is 2.93 bits per heavy atom. The minimum atomic E-state index is -1.05. The van der Waals surface area contributed by atoms with Gasteiger partial charge in [0.2, 0.25) is 6.29 Å². The molecule has 80 valence electrons. The minimum absolute atomic E-state index is 0.167.